The number of carbonyl (C=O) groups is 3. The van der Waals surface area contributed by atoms with Crippen LogP contribution in [0.15, 0.2) is 0 Å². The zero-order valence-electron chi connectivity index (χ0n) is 19.3. The molecule has 0 aliphatic carbocycles. The Kier molecular flexibility index (Phi) is 9.53. The summed E-state index contributed by atoms with van der Waals surface area (Å²) in [6, 6.07) is -0.976. The van der Waals surface area contributed by atoms with Gasteiger partial charge < -0.3 is 29.5 Å². The van der Waals surface area contributed by atoms with E-state index < -0.39 is 48.3 Å². The van der Waals surface area contributed by atoms with Gasteiger partial charge in [-0.15, -0.1) is 0 Å². The molecule has 0 aromatic rings. The van der Waals surface area contributed by atoms with Crippen LogP contribution in [0.3, 0.4) is 0 Å². The lowest BCUT2D eigenvalue weighted by atomic mass is 9.77. The second kappa shape index (κ2) is 10.8. The Balaban J connectivity index is 3.03. The number of ether oxygens (including phenoxy) is 2. The van der Waals surface area contributed by atoms with Gasteiger partial charge >= 0.3 is 19.7 Å². The minimum absolute atomic E-state index is 0.0871. The number of rotatable bonds is 8. The van der Waals surface area contributed by atoms with Crippen molar-refractivity contribution in [1.82, 2.24) is 10.2 Å². The molecule has 2 unspecified atom stereocenters. The van der Waals surface area contributed by atoms with Crippen molar-refractivity contribution in [2.75, 3.05) is 19.7 Å². The Bertz CT molecular complexity index is 696. The molecule has 1 aliphatic heterocycles. The molecule has 0 spiro atoms. The summed E-state index contributed by atoms with van der Waals surface area (Å²) in [7, 11) is -4.47. The zero-order chi connectivity index (χ0) is 24.0. The molecule has 180 valence electrons. The molecule has 0 aromatic carbocycles. The van der Waals surface area contributed by atoms with Crippen LogP contribution >= 0.6 is 7.60 Å². The Hall–Kier alpha value is -1.64. The van der Waals surface area contributed by atoms with Crippen molar-refractivity contribution in [3.8, 4) is 0 Å². The standard InChI is InChI=1S/C20H37N2O8P/c1-7-20(8-2,31(26,27)28)14-10-11-22(15(12-14)17(24)29-9-3)16(23)13-21-18(25)30-19(4,5)6/h14-15H,7-13H2,1-6H3,(H,21,25)(H2,26,27,28). The number of esters is 1. The van der Waals surface area contributed by atoms with Crippen molar-refractivity contribution >= 4 is 25.6 Å². The minimum Gasteiger partial charge on any atom is -0.464 e. The molecule has 0 aromatic heterocycles. The monoisotopic (exact) mass is 464 g/mol. The zero-order valence-corrected chi connectivity index (χ0v) is 20.2. The van der Waals surface area contributed by atoms with Crippen molar-refractivity contribution < 1.29 is 38.2 Å². The van der Waals surface area contributed by atoms with Crippen LogP contribution in [0.5, 0.6) is 0 Å². The number of alkyl carbamates (subject to hydrolysis) is 1. The first kappa shape index (κ1) is 27.4. The van der Waals surface area contributed by atoms with Gasteiger partial charge in [0.1, 0.15) is 18.2 Å². The summed E-state index contributed by atoms with van der Waals surface area (Å²) in [5.41, 5.74) is -0.717. The molecule has 0 bridgehead atoms. The topological polar surface area (TPSA) is 142 Å². The van der Waals surface area contributed by atoms with Crippen molar-refractivity contribution in [3.05, 3.63) is 0 Å². The average molecular weight is 464 g/mol. The molecule has 0 saturated carbocycles. The van der Waals surface area contributed by atoms with E-state index in [-0.39, 0.29) is 39.0 Å². The number of likely N-dealkylation sites (tertiary alicyclic amines) is 1. The lowest BCUT2D eigenvalue weighted by molar-refractivity contribution is -0.157. The quantitative estimate of drug-likeness (QED) is 0.367. The van der Waals surface area contributed by atoms with Crippen LogP contribution in [0.1, 0.15) is 67.2 Å². The van der Waals surface area contributed by atoms with E-state index in [1.165, 1.54) is 4.90 Å². The molecule has 2 amide bonds. The normalized spacial score (nSPS) is 20.2. The fourth-order valence-corrected chi connectivity index (χ4v) is 5.79. The number of hydrogen-bond donors (Lipinski definition) is 3. The van der Waals surface area contributed by atoms with Gasteiger partial charge in [0, 0.05) is 6.54 Å². The predicted molar refractivity (Wildman–Crippen MR) is 114 cm³/mol. The number of hydrogen-bond acceptors (Lipinski definition) is 6. The van der Waals surface area contributed by atoms with E-state index in [1.54, 1.807) is 41.5 Å². The summed E-state index contributed by atoms with van der Waals surface area (Å²) >= 11 is 0. The second-order valence-electron chi connectivity index (χ2n) is 8.79. The molecule has 1 fully saturated rings. The third kappa shape index (κ3) is 6.92. The highest BCUT2D eigenvalue weighted by atomic mass is 31.2. The minimum atomic E-state index is -4.47. The maximum atomic E-state index is 12.8. The van der Waals surface area contributed by atoms with Gasteiger partial charge in [0.05, 0.1) is 11.8 Å². The number of amides is 2. The molecule has 1 aliphatic rings. The van der Waals surface area contributed by atoms with Gasteiger partial charge in [0.15, 0.2) is 0 Å². The largest absolute Gasteiger partial charge is 0.464 e. The van der Waals surface area contributed by atoms with Crippen LogP contribution in [0.4, 0.5) is 4.79 Å². The Morgan fingerprint density at radius 1 is 1.13 bits per heavy atom. The van der Waals surface area contributed by atoms with Crippen molar-refractivity contribution in [2.24, 2.45) is 5.92 Å². The van der Waals surface area contributed by atoms with Gasteiger partial charge in [-0.3, -0.25) is 9.36 Å². The van der Waals surface area contributed by atoms with E-state index in [0.717, 1.165) is 0 Å². The summed E-state index contributed by atoms with van der Waals surface area (Å²) in [4.78, 5) is 58.7. The predicted octanol–water partition coefficient (Wildman–Crippen LogP) is 2.42. The van der Waals surface area contributed by atoms with Crippen LogP contribution in [-0.4, -0.2) is 69.2 Å². The first-order valence-electron chi connectivity index (χ1n) is 10.7. The van der Waals surface area contributed by atoms with Gasteiger partial charge in [0.25, 0.3) is 0 Å². The molecule has 0 radical (unpaired) electrons. The van der Waals surface area contributed by atoms with Crippen LogP contribution in [0.2, 0.25) is 0 Å². The molecule has 2 atom stereocenters. The second-order valence-corrected chi connectivity index (χ2v) is 10.8. The van der Waals surface area contributed by atoms with Gasteiger partial charge in [-0.25, -0.2) is 9.59 Å². The van der Waals surface area contributed by atoms with Crippen LogP contribution < -0.4 is 5.32 Å². The van der Waals surface area contributed by atoms with Gasteiger partial charge in [-0.1, -0.05) is 13.8 Å². The van der Waals surface area contributed by atoms with Gasteiger partial charge in [0.2, 0.25) is 5.91 Å². The molecule has 3 N–H and O–H groups in total. The van der Waals surface area contributed by atoms with E-state index in [2.05, 4.69) is 5.32 Å². The smallest absolute Gasteiger partial charge is 0.408 e. The Morgan fingerprint density at radius 3 is 2.16 bits per heavy atom. The van der Waals surface area contributed by atoms with E-state index in [1.807, 2.05) is 0 Å². The molecule has 1 saturated heterocycles. The highest BCUT2D eigenvalue weighted by molar-refractivity contribution is 7.53. The number of nitrogens with zero attached hydrogens (tertiary/aromatic N) is 1. The van der Waals surface area contributed by atoms with Gasteiger partial charge in [-0.05, 0) is 59.3 Å². The van der Waals surface area contributed by atoms with Gasteiger partial charge in [-0.2, -0.15) is 0 Å². The van der Waals surface area contributed by atoms with Crippen molar-refractivity contribution in [1.29, 1.82) is 0 Å². The fraction of sp³-hybridized carbons (Fsp3) is 0.850. The third-order valence-electron chi connectivity index (χ3n) is 5.83. The summed E-state index contributed by atoms with van der Waals surface area (Å²) in [5.74, 6) is -1.57. The number of nitrogens with one attached hydrogen (secondary N) is 1. The third-order valence-corrected chi connectivity index (χ3v) is 7.99. The van der Waals surface area contributed by atoms with E-state index in [4.69, 9.17) is 9.47 Å². The highest BCUT2D eigenvalue weighted by Crippen LogP contribution is 2.60. The number of piperidine rings is 1. The Morgan fingerprint density at radius 2 is 1.71 bits per heavy atom. The molecular formula is C20H37N2O8P. The molecule has 31 heavy (non-hydrogen) atoms. The molecule has 10 nitrogen and oxygen atoms in total. The summed E-state index contributed by atoms with van der Waals surface area (Å²) in [6.07, 6.45) is 0.176. The molecule has 1 rings (SSSR count). The first-order chi connectivity index (χ1) is 14.2. The highest BCUT2D eigenvalue weighted by Gasteiger charge is 2.53. The lowest BCUT2D eigenvalue weighted by Gasteiger charge is -2.46. The van der Waals surface area contributed by atoms with E-state index in [9.17, 15) is 28.7 Å². The van der Waals surface area contributed by atoms with E-state index in [0.29, 0.717) is 6.42 Å². The Labute approximate surface area is 184 Å². The van der Waals surface area contributed by atoms with E-state index >= 15 is 0 Å². The fourth-order valence-electron chi connectivity index (χ4n) is 4.25. The number of carbonyl (C=O) groups excluding carboxylic acids is 3. The van der Waals surface area contributed by atoms with Crippen molar-refractivity contribution in [3.63, 3.8) is 0 Å². The molecule has 1 heterocycles. The molecular weight excluding hydrogens is 427 g/mol. The first-order valence-corrected chi connectivity index (χ1v) is 12.3. The maximum absolute atomic E-state index is 12.8. The summed E-state index contributed by atoms with van der Waals surface area (Å²) in [5, 5.41) is 1.12. The van der Waals surface area contributed by atoms with Crippen molar-refractivity contribution in [2.45, 2.75) is 84.0 Å². The van der Waals surface area contributed by atoms with Crippen LogP contribution in [0.25, 0.3) is 0 Å². The van der Waals surface area contributed by atoms with Crippen LogP contribution in [0, 0.1) is 5.92 Å². The maximum Gasteiger partial charge on any atom is 0.408 e. The SMILES string of the molecule is CCOC(=O)C1CC(C(CC)(CC)P(=O)(O)O)CCN1C(=O)CNC(=O)OC(C)(C)C. The molecule has 11 heteroatoms. The summed E-state index contributed by atoms with van der Waals surface area (Å²) in [6.45, 7) is 10.1. The lowest BCUT2D eigenvalue weighted by Crippen LogP contribution is -2.56. The van der Waals surface area contributed by atoms with Crippen LogP contribution in [-0.2, 0) is 23.6 Å². The average Bonchev–Trinajstić information content (AvgIpc) is 2.65. The summed E-state index contributed by atoms with van der Waals surface area (Å²) < 4.78 is 22.6.